The number of ether oxygens (including phenoxy) is 1. The Morgan fingerprint density at radius 1 is 0.900 bits per heavy atom. The molecule has 212 valence electrons. The van der Waals surface area contributed by atoms with E-state index in [1.54, 1.807) is 0 Å². The van der Waals surface area contributed by atoms with Crippen LogP contribution in [0.4, 0.5) is 0 Å². The van der Waals surface area contributed by atoms with Crippen LogP contribution in [-0.4, -0.2) is 61.0 Å². The Morgan fingerprint density at radius 3 is 2.23 bits per heavy atom. The van der Waals surface area contributed by atoms with E-state index in [0.717, 1.165) is 50.2 Å². The summed E-state index contributed by atoms with van der Waals surface area (Å²) >= 11 is 0. The number of ketones is 1. The largest absolute Gasteiger partial charge is 0.489 e. The Hall–Kier alpha value is -2.95. The minimum absolute atomic E-state index is 0.130. The molecule has 40 heavy (non-hydrogen) atoms. The minimum atomic E-state index is 0.130. The van der Waals surface area contributed by atoms with Crippen molar-refractivity contribution >= 4 is 5.78 Å². The molecular formula is C36H46N2O2. The average molecular weight is 539 g/mol. The monoisotopic (exact) mass is 538 g/mol. The van der Waals surface area contributed by atoms with Crippen LogP contribution in [0.25, 0.3) is 0 Å². The van der Waals surface area contributed by atoms with Gasteiger partial charge in [-0.05, 0) is 76.0 Å². The fourth-order valence-electron chi connectivity index (χ4n) is 6.86. The number of likely N-dealkylation sites (tertiary alicyclic amines) is 1. The number of Topliss-reactive ketones (excluding diaryl/α,β-unsaturated/α-hetero) is 1. The Labute approximate surface area is 241 Å². The van der Waals surface area contributed by atoms with Gasteiger partial charge >= 0.3 is 0 Å². The zero-order valence-electron chi connectivity index (χ0n) is 24.4. The second-order valence-corrected chi connectivity index (χ2v) is 12.1. The molecule has 2 fully saturated rings. The van der Waals surface area contributed by atoms with Crippen molar-refractivity contribution in [1.82, 2.24) is 9.80 Å². The molecule has 4 nitrogen and oxygen atoms in total. The first kappa shape index (κ1) is 28.6. The van der Waals surface area contributed by atoms with Gasteiger partial charge in [0, 0.05) is 36.5 Å². The molecule has 0 bridgehead atoms. The third-order valence-electron chi connectivity index (χ3n) is 9.32. The maximum absolute atomic E-state index is 13.3. The summed E-state index contributed by atoms with van der Waals surface area (Å²) in [6, 6.07) is 29.6. The van der Waals surface area contributed by atoms with Gasteiger partial charge in [-0.2, -0.15) is 0 Å². The highest BCUT2D eigenvalue weighted by Gasteiger charge is 2.34. The summed E-state index contributed by atoms with van der Waals surface area (Å²) < 4.78 is 6.52. The van der Waals surface area contributed by atoms with E-state index in [1.165, 1.54) is 43.2 Å². The molecular weight excluding hydrogens is 492 g/mol. The van der Waals surface area contributed by atoms with Crippen molar-refractivity contribution in [3.05, 3.63) is 102 Å². The first-order valence-electron chi connectivity index (χ1n) is 15.3. The number of benzene rings is 3. The Bertz CT molecular complexity index is 1160. The van der Waals surface area contributed by atoms with Crippen molar-refractivity contribution in [3.63, 3.8) is 0 Å². The van der Waals surface area contributed by atoms with Gasteiger partial charge in [-0.1, -0.05) is 92.1 Å². The first-order valence-corrected chi connectivity index (χ1v) is 15.3. The fraction of sp³-hybridized carbons (Fsp3) is 0.472. The van der Waals surface area contributed by atoms with E-state index in [0.29, 0.717) is 12.3 Å². The van der Waals surface area contributed by atoms with Crippen LogP contribution >= 0.6 is 0 Å². The van der Waals surface area contributed by atoms with E-state index in [2.05, 4.69) is 84.6 Å². The molecule has 3 aromatic rings. The van der Waals surface area contributed by atoms with Crippen molar-refractivity contribution in [2.45, 2.75) is 75.3 Å². The topological polar surface area (TPSA) is 32.8 Å². The lowest BCUT2D eigenvalue weighted by atomic mass is 9.77. The summed E-state index contributed by atoms with van der Waals surface area (Å²) in [5, 5.41) is 0. The Kier molecular flexibility index (Phi) is 9.72. The van der Waals surface area contributed by atoms with Crippen LogP contribution in [0.2, 0.25) is 0 Å². The third-order valence-corrected chi connectivity index (χ3v) is 9.32. The Balaban J connectivity index is 1.20. The van der Waals surface area contributed by atoms with Crippen molar-refractivity contribution in [2.24, 2.45) is 0 Å². The van der Waals surface area contributed by atoms with Crippen LogP contribution in [-0.2, 0) is 0 Å². The number of carbonyl (C=O) groups is 1. The molecule has 1 saturated heterocycles. The summed E-state index contributed by atoms with van der Waals surface area (Å²) in [6.45, 7) is 2.96. The molecule has 1 unspecified atom stereocenters. The second-order valence-electron chi connectivity index (χ2n) is 12.1. The predicted octanol–water partition coefficient (Wildman–Crippen LogP) is 7.59. The van der Waals surface area contributed by atoms with Gasteiger partial charge in [0.25, 0.3) is 0 Å². The molecule has 0 N–H and O–H groups in total. The smallest absolute Gasteiger partial charge is 0.163 e. The summed E-state index contributed by atoms with van der Waals surface area (Å²) in [5.41, 5.74) is 3.66. The molecule has 2 aliphatic rings. The van der Waals surface area contributed by atoms with Gasteiger partial charge in [-0.25, -0.2) is 0 Å². The lowest BCUT2D eigenvalue weighted by molar-refractivity contribution is 0.0769. The summed E-state index contributed by atoms with van der Waals surface area (Å²) in [5.74, 6) is 1.38. The number of carbonyl (C=O) groups excluding carboxylic acids is 1. The van der Waals surface area contributed by atoms with Gasteiger partial charge in [0.05, 0.1) is 0 Å². The number of nitrogens with zero attached hydrogens (tertiary/aromatic N) is 2. The van der Waals surface area contributed by atoms with E-state index < -0.39 is 0 Å². The van der Waals surface area contributed by atoms with Crippen LogP contribution in [0, 0.1) is 0 Å². The minimum Gasteiger partial charge on any atom is -0.489 e. The second kappa shape index (κ2) is 13.6. The number of piperidine rings is 1. The maximum atomic E-state index is 13.3. The highest BCUT2D eigenvalue weighted by Crippen LogP contribution is 2.36. The zero-order chi connectivity index (χ0) is 27.8. The predicted molar refractivity (Wildman–Crippen MR) is 164 cm³/mol. The van der Waals surface area contributed by atoms with Crippen LogP contribution in [0.5, 0.6) is 5.75 Å². The van der Waals surface area contributed by atoms with Gasteiger partial charge in [0.2, 0.25) is 0 Å². The highest BCUT2D eigenvalue weighted by molar-refractivity contribution is 5.96. The summed E-state index contributed by atoms with van der Waals surface area (Å²) in [7, 11) is 4.36. The SMILES string of the molecule is CN(C)C1(CCC(=O)c2cccc(OC3CCCN(CC(c4ccccc4)c4ccccc4)C3)c2)CCCCC1. The molecule has 4 heteroatoms. The Morgan fingerprint density at radius 2 is 1.57 bits per heavy atom. The normalized spacial score (nSPS) is 19.6. The quantitative estimate of drug-likeness (QED) is 0.236. The van der Waals surface area contributed by atoms with Crippen molar-refractivity contribution < 1.29 is 9.53 Å². The molecule has 0 radical (unpaired) electrons. The zero-order valence-corrected chi connectivity index (χ0v) is 24.4. The standard InChI is InChI=1S/C36H46N2O2/c1-37(2)36(22-10-5-11-23-36)24-21-35(39)31-18-12-19-32(26-31)40-33-20-13-25-38(27-33)28-34(29-14-6-3-7-15-29)30-16-8-4-9-17-30/h3-4,6-9,12,14-19,26,33-34H,5,10-11,13,20-25,27-28H2,1-2H3. The van der Waals surface area contributed by atoms with Crippen molar-refractivity contribution in [2.75, 3.05) is 33.7 Å². The average Bonchev–Trinajstić information content (AvgIpc) is 3.00. The van der Waals surface area contributed by atoms with Gasteiger partial charge in [0.1, 0.15) is 11.9 Å². The first-order chi connectivity index (χ1) is 19.5. The summed E-state index contributed by atoms with van der Waals surface area (Å²) in [6.07, 6.45) is 10.1. The molecule has 5 rings (SSSR count). The fourth-order valence-corrected chi connectivity index (χ4v) is 6.86. The number of hydrogen-bond acceptors (Lipinski definition) is 4. The molecule has 0 aromatic heterocycles. The van der Waals surface area contributed by atoms with E-state index >= 15 is 0 Å². The van der Waals surface area contributed by atoms with Gasteiger partial charge in [-0.15, -0.1) is 0 Å². The van der Waals surface area contributed by atoms with Gasteiger partial charge in [0.15, 0.2) is 5.78 Å². The maximum Gasteiger partial charge on any atom is 0.163 e. The molecule has 1 aliphatic heterocycles. The van der Waals surface area contributed by atoms with E-state index in [4.69, 9.17) is 4.74 Å². The van der Waals surface area contributed by atoms with E-state index in [-0.39, 0.29) is 17.4 Å². The van der Waals surface area contributed by atoms with Crippen molar-refractivity contribution in [3.8, 4) is 5.75 Å². The van der Waals surface area contributed by atoms with Crippen LogP contribution in [0.1, 0.15) is 85.2 Å². The van der Waals surface area contributed by atoms with Crippen LogP contribution in [0.15, 0.2) is 84.9 Å². The van der Waals surface area contributed by atoms with E-state index in [1.807, 2.05) is 24.3 Å². The van der Waals surface area contributed by atoms with Gasteiger partial charge < -0.3 is 9.64 Å². The molecule has 1 heterocycles. The third kappa shape index (κ3) is 7.21. The lowest BCUT2D eigenvalue weighted by Gasteiger charge is -2.43. The molecule has 0 amide bonds. The van der Waals surface area contributed by atoms with Crippen LogP contribution in [0.3, 0.4) is 0 Å². The highest BCUT2D eigenvalue weighted by atomic mass is 16.5. The molecule has 1 atom stereocenters. The van der Waals surface area contributed by atoms with Crippen LogP contribution < -0.4 is 4.74 Å². The molecule has 1 aliphatic carbocycles. The lowest BCUT2D eigenvalue weighted by Crippen LogP contribution is -2.46. The number of rotatable bonds is 11. The molecule has 1 saturated carbocycles. The molecule has 0 spiro atoms. The summed E-state index contributed by atoms with van der Waals surface area (Å²) in [4.78, 5) is 18.2. The van der Waals surface area contributed by atoms with E-state index in [9.17, 15) is 4.79 Å². The van der Waals surface area contributed by atoms with Gasteiger partial charge in [-0.3, -0.25) is 9.69 Å². The van der Waals surface area contributed by atoms with Crippen molar-refractivity contribution in [1.29, 1.82) is 0 Å². The molecule has 3 aromatic carbocycles. The number of hydrogen-bond donors (Lipinski definition) is 0.